The maximum absolute atomic E-state index is 12.0. The molecule has 3 heteroatoms. The van der Waals surface area contributed by atoms with E-state index in [4.69, 9.17) is 0 Å². The molecule has 0 aromatic rings. The molecule has 0 aliphatic heterocycles. The molecule has 0 unspecified atom stereocenters. The number of Topliss-reactive ketones (excluding diaryl/α,β-unsaturated/α-hetero) is 1. The van der Waals surface area contributed by atoms with Gasteiger partial charge in [-0.25, -0.2) is 0 Å². The molecule has 18 heavy (non-hydrogen) atoms. The standard InChI is InChI=1S/C15H22O3/c1-8(2)10-6-11-9(3)5-12(16)14(11)15(4,18)7-13(10)17/h6,8-9,13,17-18H,5,7H2,1-4H3/t9-,13+,15+/m1/s1. The van der Waals surface area contributed by atoms with E-state index in [1.807, 2.05) is 26.8 Å². The second-order valence-electron chi connectivity index (χ2n) is 6.15. The Balaban J connectivity index is 2.57. The molecule has 100 valence electrons. The number of aliphatic hydroxyl groups is 2. The number of aliphatic hydroxyl groups excluding tert-OH is 1. The summed E-state index contributed by atoms with van der Waals surface area (Å²) in [5.74, 6) is 0.375. The first-order valence-corrected chi connectivity index (χ1v) is 6.63. The Kier molecular flexibility index (Phi) is 3.24. The lowest BCUT2D eigenvalue weighted by Crippen LogP contribution is -2.34. The molecule has 0 saturated carbocycles. The summed E-state index contributed by atoms with van der Waals surface area (Å²) >= 11 is 0. The molecule has 0 radical (unpaired) electrons. The minimum atomic E-state index is -1.22. The van der Waals surface area contributed by atoms with Gasteiger partial charge in [0.2, 0.25) is 0 Å². The van der Waals surface area contributed by atoms with Gasteiger partial charge in [0.1, 0.15) is 0 Å². The summed E-state index contributed by atoms with van der Waals surface area (Å²) < 4.78 is 0. The Morgan fingerprint density at radius 3 is 2.61 bits per heavy atom. The van der Waals surface area contributed by atoms with Crippen molar-refractivity contribution in [2.24, 2.45) is 11.8 Å². The van der Waals surface area contributed by atoms with Gasteiger partial charge < -0.3 is 10.2 Å². The molecule has 2 rings (SSSR count). The normalized spacial score (nSPS) is 36.8. The first kappa shape index (κ1) is 13.5. The summed E-state index contributed by atoms with van der Waals surface area (Å²) in [5, 5.41) is 20.7. The van der Waals surface area contributed by atoms with E-state index in [-0.39, 0.29) is 24.0 Å². The van der Waals surface area contributed by atoms with Crippen molar-refractivity contribution < 1.29 is 15.0 Å². The van der Waals surface area contributed by atoms with E-state index in [9.17, 15) is 15.0 Å². The van der Waals surface area contributed by atoms with Crippen LogP contribution in [-0.2, 0) is 4.79 Å². The highest BCUT2D eigenvalue weighted by molar-refractivity contribution is 6.01. The third-order valence-electron chi connectivity index (χ3n) is 4.09. The van der Waals surface area contributed by atoms with Gasteiger partial charge in [0.15, 0.2) is 5.78 Å². The predicted octanol–water partition coefficient (Wildman–Crippen LogP) is 1.99. The van der Waals surface area contributed by atoms with E-state index >= 15 is 0 Å². The molecule has 0 spiro atoms. The van der Waals surface area contributed by atoms with Crippen LogP contribution in [0.25, 0.3) is 0 Å². The van der Waals surface area contributed by atoms with Gasteiger partial charge in [0.25, 0.3) is 0 Å². The van der Waals surface area contributed by atoms with Crippen molar-refractivity contribution in [3.8, 4) is 0 Å². The second-order valence-corrected chi connectivity index (χ2v) is 6.15. The van der Waals surface area contributed by atoms with Crippen LogP contribution in [0.1, 0.15) is 40.5 Å². The topological polar surface area (TPSA) is 57.5 Å². The van der Waals surface area contributed by atoms with Gasteiger partial charge in [-0.3, -0.25) is 4.79 Å². The minimum absolute atomic E-state index is 0.0240. The zero-order valence-electron chi connectivity index (χ0n) is 11.5. The second kappa shape index (κ2) is 4.32. The Hall–Kier alpha value is -0.930. The Morgan fingerprint density at radius 1 is 1.44 bits per heavy atom. The average Bonchev–Trinajstić information content (AvgIpc) is 2.41. The van der Waals surface area contributed by atoms with Gasteiger partial charge in [-0.05, 0) is 29.9 Å². The number of ketones is 1. The minimum Gasteiger partial charge on any atom is -0.389 e. The van der Waals surface area contributed by atoms with E-state index in [2.05, 4.69) is 0 Å². The first-order chi connectivity index (χ1) is 8.24. The van der Waals surface area contributed by atoms with Crippen molar-refractivity contribution in [3.63, 3.8) is 0 Å². The first-order valence-electron chi connectivity index (χ1n) is 6.63. The fourth-order valence-corrected chi connectivity index (χ4v) is 3.15. The van der Waals surface area contributed by atoms with Crippen LogP contribution in [0.3, 0.4) is 0 Å². The molecule has 2 aliphatic rings. The van der Waals surface area contributed by atoms with Crippen molar-refractivity contribution >= 4 is 5.78 Å². The van der Waals surface area contributed by atoms with Gasteiger partial charge in [0, 0.05) is 18.4 Å². The van der Waals surface area contributed by atoms with Crippen molar-refractivity contribution in [1.29, 1.82) is 0 Å². The number of carbonyl (C=O) groups excluding carboxylic acids is 1. The summed E-state index contributed by atoms with van der Waals surface area (Å²) in [6.07, 6.45) is 1.94. The number of carbonyl (C=O) groups is 1. The third-order valence-corrected chi connectivity index (χ3v) is 4.09. The fourth-order valence-electron chi connectivity index (χ4n) is 3.15. The largest absolute Gasteiger partial charge is 0.389 e. The number of rotatable bonds is 1. The average molecular weight is 250 g/mol. The SMILES string of the molecule is CC(C)C1=CC2=C(C(=O)C[C@H]2C)[C@@](C)(O)C[C@@H]1O. The maximum Gasteiger partial charge on any atom is 0.162 e. The van der Waals surface area contributed by atoms with E-state index < -0.39 is 11.7 Å². The molecule has 0 aromatic heterocycles. The Morgan fingerprint density at radius 2 is 2.06 bits per heavy atom. The van der Waals surface area contributed by atoms with Crippen LogP contribution in [-0.4, -0.2) is 27.7 Å². The van der Waals surface area contributed by atoms with Gasteiger partial charge >= 0.3 is 0 Å². The Bertz CT molecular complexity index is 441. The number of hydrogen-bond acceptors (Lipinski definition) is 3. The molecule has 0 fully saturated rings. The highest BCUT2D eigenvalue weighted by atomic mass is 16.3. The van der Waals surface area contributed by atoms with Gasteiger partial charge in [0.05, 0.1) is 11.7 Å². The monoisotopic (exact) mass is 250 g/mol. The molecule has 2 aliphatic carbocycles. The van der Waals surface area contributed by atoms with Crippen molar-refractivity contribution in [1.82, 2.24) is 0 Å². The zero-order chi connectivity index (χ0) is 13.7. The van der Waals surface area contributed by atoms with Gasteiger partial charge in [-0.15, -0.1) is 0 Å². The summed E-state index contributed by atoms with van der Waals surface area (Å²) in [6, 6.07) is 0. The van der Waals surface area contributed by atoms with E-state index in [1.165, 1.54) is 0 Å². The third kappa shape index (κ3) is 2.06. The molecular weight excluding hydrogens is 228 g/mol. The summed E-state index contributed by atoms with van der Waals surface area (Å²) in [7, 11) is 0. The molecule has 0 bridgehead atoms. The van der Waals surface area contributed by atoms with Crippen LogP contribution in [0, 0.1) is 11.8 Å². The van der Waals surface area contributed by atoms with Crippen molar-refractivity contribution in [3.05, 3.63) is 22.8 Å². The van der Waals surface area contributed by atoms with Crippen molar-refractivity contribution in [2.45, 2.75) is 52.2 Å². The van der Waals surface area contributed by atoms with E-state index in [0.29, 0.717) is 12.0 Å². The van der Waals surface area contributed by atoms with Gasteiger partial charge in [-0.1, -0.05) is 26.8 Å². The van der Waals surface area contributed by atoms with Crippen LogP contribution in [0.2, 0.25) is 0 Å². The molecular formula is C15H22O3. The van der Waals surface area contributed by atoms with Crippen LogP contribution in [0.5, 0.6) is 0 Å². The quantitative estimate of drug-likeness (QED) is 0.748. The number of allylic oxidation sites excluding steroid dienone is 2. The number of hydrogen-bond donors (Lipinski definition) is 2. The van der Waals surface area contributed by atoms with Crippen LogP contribution >= 0.6 is 0 Å². The highest BCUT2D eigenvalue weighted by Gasteiger charge is 2.43. The maximum atomic E-state index is 12.0. The predicted molar refractivity (Wildman–Crippen MR) is 70.0 cm³/mol. The molecule has 2 N–H and O–H groups in total. The zero-order valence-corrected chi connectivity index (χ0v) is 11.5. The molecule has 0 aromatic carbocycles. The molecule has 3 nitrogen and oxygen atoms in total. The van der Waals surface area contributed by atoms with Gasteiger partial charge in [-0.2, -0.15) is 0 Å². The van der Waals surface area contributed by atoms with Crippen LogP contribution in [0.15, 0.2) is 22.8 Å². The molecule has 3 atom stereocenters. The summed E-state index contributed by atoms with van der Waals surface area (Å²) in [4.78, 5) is 12.0. The van der Waals surface area contributed by atoms with Crippen molar-refractivity contribution in [2.75, 3.05) is 0 Å². The lowest BCUT2D eigenvalue weighted by Gasteiger charge is -2.27. The smallest absolute Gasteiger partial charge is 0.162 e. The fraction of sp³-hybridized carbons (Fsp3) is 0.667. The Labute approximate surface area is 108 Å². The highest BCUT2D eigenvalue weighted by Crippen LogP contribution is 2.42. The van der Waals surface area contributed by atoms with Crippen LogP contribution < -0.4 is 0 Å². The lowest BCUT2D eigenvalue weighted by molar-refractivity contribution is -0.117. The summed E-state index contributed by atoms with van der Waals surface area (Å²) in [5.41, 5.74) is 1.14. The van der Waals surface area contributed by atoms with E-state index in [1.54, 1.807) is 6.92 Å². The summed E-state index contributed by atoms with van der Waals surface area (Å²) in [6.45, 7) is 7.69. The molecule has 0 saturated heterocycles. The molecule has 0 amide bonds. The lowest BCUT2D eigenvalue weighted by atomic mass is 9.86. The molecule has 0 heterocycles. The van der Waals surface area contributed by atoms with Crippen LogP contribution in [0.4, 0.5) is 0 Å². The van der Waals surface area contributed by atoms with E-state index in [0.717, 1.165) is 11.1 Å².